The minimum absolute atomic E-state index is 0.333. The van der Waals surface area contributed by atoms with E-state index >= 15 is 0 Å². The topological polar surface area (TPSA) is 67.3 Å². The first-order valence-electron chi connectivity index (χ1n) is 11.9. The summed E-state index contributed by atoms with van der Waals surface area (Å²) in [5.41, 5.74) is 2.50. The van der Waals surface area contributed by atoms with Crippen LogP contribution in [0.3, 0.4) is 0 Å². The van der Waals surface area contributed by atoms with E-state index in [1.54, 1.807) is 23.0 Å². The number of hydrogen-bond acceptors (Lipinski definition) is 6. The molecule has 1 aliphatic carbocycles. The number of hydrogen-bond donors (Lipinski definition) is 1. The first-order chi connectivity index (χ1) is 18.2. The molecule has 1 aliphatic heterocycles. The number of aliphatic hydroxyl groups is 1. The number of fused-ring (bicyclic) bond motifs is 2. The smallest absolute Gasteiger partial charge is 0.416 e. The lowest BCUT2D eigenvalue weighted by Gasteiger charge is -2.48. The molecule has 0 spiro atoms. The molecule has 2 aromatic heterocycles. The van der Waals surface area contributed by atoms with Crippen LogP contribution in [-0.2, 0) is 12.6 Å². The van der Waals surface area contributed by atoms with Crippen LogP contribution in [0.4, 0.5) is 17.6 Å². The largest absolute Gasteiger partial charge is 0.451 e. The molecule has 0 amide bonds. The molecule has 196 valence electrons. The quantitative estimate of drug-likeness (QED) is 0.243. The molecule has 2 aliphatic rings. The van der Waals surface area contributed by atoms with E-state index in [0.29, 0.717) is 36.5 Å². The van der Waals surface area contributed by atoms with Crippen molar-refractivity contribution in [2.24, 2.45) is 5.41 Å². The van der Waals surface area contributed by atoms with Gasteiger partial charge in [0.1, 0.15) is 23.9 Å². The molecular formula is C27H22F4N4O2S. The third-order valence-electron chi connectivity index (χ3n) is 7.17. The van der Waals surface area contributed by atoms with Crippen molar-refractivity contribution in [3.05, 3.63) is 101 Å². The molecule has 2 atom stereocenters. The zero-order valence-electron chi connectivity index (χ0n) is 19.9. The Hall–Kier alpha value is -3.41. The fourth-order valence-electron chi connectivity index (χ4n) is 5.28. The molecule has 11 heteroatoms. The molecular weight excluding hydrogens is 520 g/mol. The van der Waals surface area contributed by atoms with Gasteiger partial charge in [0.05, 0.1) is 23.1 Å². The van der Waals surface area contributed by atoms with E-state index in [0.717, 1.165) is 34.7 Å². The average Bonchev–Trinajstić information content (AvgIpc) is 3.57. The fraction of sp³-hybridized carbons (Fsp3) is 0.259. The van der Waals surface area contributed by atoms with Crippen molar-refractivity contribution in [3.63, 3.8) is 0 Å². The lowest BCUT2D eigenvalue weighted by molar-refractivity contribution is -0.137. The molecule has 2 aromatic carbocycles. The van der Waals surface area contributed by atoms with Crippen LogP contribution in [0.5, 0.6) is 0 Å². The van der Waals surface area contributed by atoms with Gasteiger partial charge in [0.2, 0.25) is 0 Å². The second kappa shape index (κ2) is 9.40. The number of aliphatic hydroxyl groups excluding tert-OH is 1. The maximum atomic E-state index is 13.5. The van der Waals surface area contributed by atoms with Crippen molar-refractivity contribution in [1.82, 2.24) is 19.1 Å². The third kappa shape index (κ3) is 4.44. The lowest BCUT2D eigenvalue weighted by Crippen LogP contribution is -2.48. The summed E-state index contributed by atoms with van der Waals surface area (Å²) in [5, 5.41) is 16.2. The van der Waals surface area contributed by atoms with Crippen molar-refractivity contribution in [1.29, 1.82) is 0 Å². The van der Waals surface area contributed by atoms with Gasteiger partial charge in [-0.25, -0.2) is 18.4 Å². The molecule has 0 radical (unpaired) electrons. The first kappa shape index (κ1) is 24.9. The summed E-state index contributed by atoms with van der Waals surface area (Å²) in [4.78, 5) is 4.88. The van der Waals surface area contributed by atoms with Crippen LogP contribution in [0.25, 0.3) is 11.8 Å². The van der Waals surface area contributed by atoms with Crippen molar-refractivity contribution in [2.45, 2.75) is 30.0 Å². The van der Waals surface area contributed by atoms with E-state index in [1.807, 2.05) is 6.08 Å². The molecule has 1 fully saturated rings. The summed E-state index contributed by atoms with van der Waals surface area (Å²) in [7, 11) is 0. The minimum Gasteiger partial charge on any atom is -0.451 e. The summed E-state index contributed by atoms with van der Waals surface area (Å²) in [6, 6.07) is 11.2. The molecule has 0 bridgehead atoms. The highest BCUT2D eigenvalue weighted by Gasteiger charge is 2.49. The molecule has 0 saturated carbocycles. The van der Waals surface area contributed by atoms with Gasteiger partial charge >= 0.3 is 6.18 Å². The van der Waals surface area contributed by atoms with Gasteiger partial charge in [-0.15, -0.1) is 0 Å². The first-order valence-corrected chi connectivity index (χ1v) is 12.7. The molecule has 3 heterocycles. The number of benzene rings is 2. The Balaban J connectivity index is 1.33. The van der Waals surface area contributed by atoms with Crippen LogP contribution in [0.2, 0.25) is 0 Å². The Bertz CT molecular complexity index is 1470. The van der Waals surface area contributed by atoms with Gasteiger partial charge < -0.3 is 9.52 Å². The standard InChI is InChI=1S/C27H22F4N4O2S/c28-20-3-5-21(6-4-20)35-24-11-19-9-10-34(38-22-7-1-18(2-8-22)27(29,30)31)15-26(19,12-17(24)13-33-35)25(36)23-14-37-16-32-23/h1-8,11,13-14,16,25,36H,9-10,12,15H2. The number of halogens is 4. The summed E-state index contributed by atoms with van der Waals surface area (Å²) < 4.78 is 61.5. The Morgan fingerprint density at radius 1 is 1.08 bits per heavy atom. The normalized spacial score (nSPS) is 20.5. The van der Waals surface area contributed by atoms with Crippen molar-refractivity contribution >= 4 is 18.0 Å². The summed E-state index contributed by atoms with van der Waals surface area (Å²) in [6.45, 7) is 1.06. The molecule has 6 nitrogen and oxygen atoms in total. The number of alkyl halides is 3. The number of rotatable bonds is 5. The van der Waals surface area contributed by atoms with Crippen molar-refractivity contribution < 1.29 is 27.1 Å². The van der Waals surface area contributed by atoms with E-state index in [-0.39, 0.29) is 5.82 Å². The highest BCUT2D eigenvalue weighted by atomic mass is 32.2. The van der Waals surface area contributed by atoms with Gasteiger partial charge in [-0.3, -0.25) is 0 Å². The SMILES string of the molecule is OC(c1cocn1)C12Cc3cnn(-c4ccc(F)cc4)c3C=C1CCN(Sc1ccc(C(F)(F)F)cc1)C2. The average molecular weight is 543 g/mol. The monoisotopic (exact) mass is 542 g/mol. The van der Waals surface area contributed by atoms with Gasteiger partial charge in [0.15, 0.2) is 6.39 Å². The molecule has 1 N–H and O–H groups in total. The predicted molar refractivity (Wildman–Crippen MR) is 133 cm³/mol. The molecule has 6 rings (SSSR count). The van der Waals surface area contributed by atoms with Crippen LogP contribution in [0.1, 0.15) is 35.0 Å². The van der Waals surface area contributed by atoms with Crippen LogP contribution in [0.15, 0.2) is 82.3 Å². The van der Waals surface area contributed by atoms with Gasteiger partial charge in [0, 0.05) is 23.4 Å². The third-order valence-corrected chi connectivity index (χ3v) is 8.23. The number of piperidine rings is 1. The summed E-state index contributed by atoms with van der Waals surface area (Å²) in [6.07, 6.45) is 2.21. The maximum absolute atomic E-state index is 13.5. The Morgan fingerprint density at radius 2 is 1.84 bits per heavy atom. The second-order valence-corrected chi connectivity index (χ2v) is 10.7. The van der Waals surface area contributed by atoms with Gasteiger partial charge in [0.25, 0.3) is 0 Å². The minimum atomic E-state index is -4.39. The van der Waals surface area contributed by atoms with Crippen molar-refractivity contribution in [2.75, 3.05) is 13.1 Å². The zero-order chi connectivity index (χ0) is 26.5. The van der Waals surface area contributed by atoms with E-state index in [4.69, 9.17) is 4.42 Å². The number of aromatic nitrogens is 3. The van der Waals surface area contributed by atoms with Gasteiger partial charge in [-0.1, -0.05) is 5.57 Å². The number of nitrogens with zero attached hydrogens (tertiary/aromatic N) is 4. The fourth-order valence-corrected chi connectivity index (χ4v) is 6.31. The van der Waals surface area contributed by atoms with Crippen LogP contribution in [-0.4, -0.2) is 37.3 Å². The second-order valence-electron chi connectivity index (χ2n) is 9.49. The Kier molecular flexibility index (Phi) is 6.16. The lowest BCUT2D eigenvalue weighted by atomic mass is 9.65. The summed E-state index contributed by atoms with van der Waals surface area (Å²) >= 11 is 1.36. The zero-order valence-corrected chi connectivity index (χ0v) is 20.7. The van der Waals surface area contributed by atoms with Crippen molar-refractivity contribution in [3.8, 4) is 5.69 Å². The molecule has 1 saturated heterocycles. The van der Waals surface area contributed by atoms with E-state index in [2.05, 4.69) is 14.4 Å². The van der Waals surface area contributed by atoms with Gasteiger partial charge in [-0.05, 0) is 85.0 Å². The Labute approximate surface area is 219 Å². The highest BCUT2D eigenvalue weighted by molar-refractivity contribution is 7.97. The number of oxazole rings is 1. The Morgan fingerprint density at radius 3 is 2.53 bits per heavy atom. The summed E-state index contributed by atoms with van der Waals surface area (Å²) in [5.74, 6) is -0.333. The molecule has 38 heavy (non-hydrogen) atoms. The maximum Gasteiger partial charge on any atom is 0.416 e. The van der Waals surface area contributed by atoms with Crippen LogP contribution >= 0.6 is 11.9 Å². The van der Waals surface area contributed by atoms with E-state index in [1.165, 1.54) is 48.9 Å². The van der Waals surface area contributed by atoms with Gasteiger partial charge in [-0.2, -0.15) is 18.3 Å². The van der Waals surface area contributed by atoms with Crippen LogP contribution in [0, 0.1) is 11.2 Å². The van der Waals surface area contributed by atoms with E-state index < -0.39 is 23.3 Å². The van der Waals surface area contributed by atoms with E-state index in [9.17, 15) is 22.7 Å². The van der Waals surface area contributed by atoms with Crippen LogP contribution < -0.4 is 0 Å². The molecule has 2 unspecified atom stereocenters. The highest BCUT2D eigenvalue weighted by Crippen LogP contribution is 2.52. The molecule has 4 aromatic rings. The predicted octanol–water partition coefficient (Wildman–Crippen LogP) is 6.09.